The predicted molar refractivity (Wildman–Crippen MR) is 103 cm³/mol. The van der Waals surface area contributed by atoms with E-state index in [1.54, 1.807) is 22.7 Å². The maximum Gasteiger partial charge on any atom is 0.281 e. The summed E-state index contributed by atoms with van der Waals surface area (Å²) in [6, 6.07) is 8.91. The minimum Gasteiger partial charge on any atom is -0.363 e. The normalized spacial score (nSPS) is 26.3. The first-order chi connectivity index (χ1) is 12.4. The molecule has 3 aliphatic carbocycles. The Hall–Kier alpha value is -2.11. The largest absolute Gasteiger partial charge is 0.363 e. The van der Waals surface area contributed by atoms with Crippen molar-refractivity contribution in [3.63, 3.8) is 0 Å². The fourth-order valence-corrected chi connectivity index (χ4v) is 5.33. The molecule has 132 valence electrons. The number of halogens is 2. The Bertz CT molecular complexity index is 1080. The molecule has 3 aromatic rings. The highest BCUT2D eigenvalue weighted by Crippen LogP contribution is 2.67. The van der Waals surface area contributed by atoms with E-state index >= 15 is 0 Å². The van der Waals surface area contributed by atoms with Crippen LogP contribution in [0.25, 0.3) is 16.6 Å². The van der Waals surface area contributed by atoms with Gasteiger partial charge in [-0.05, 0) is 48.9 Å². The van der Waals surface area contributed by atoms with Crippen LogP contribution >= 0.6 is 23.2 Å². The molecule has 3 aliphatic rings. The van der Waals surface area contributed by atoms with E-state index in [4.69, 9.17) is 23.2 Å². The van der Waals surface area contributed by atoms with Crippen LogP contribution < -0.4 is 10.9 Å². The summed E-state index contributed by atoms with van der Waals surface area (Å²) in [5.74, 6) is 0.779. The third kappa shape index (κ3) is 2.27. The second-order valence-corrected chi connectivity index (χ2v) is 8.63. The molecule has 0 atom stereocenters. The maximum atomic E-state index is 12.5. The number of benzene rings is 1. The standard InChI is InChI=1S/C19H16Cl2N4O/c1-18-7-19(8-18,9-18)23-14-6-5-13-16(17(26)22-10-25(13)24-14)15-11(20)3-2-4-12(15)21/h2-6,10H,7-9H2,1H3,(H,23,24). The lowest BCUT2D eigenvalue weighted by atomic mass is 9.40. The zero-order valence-corrected chi connectivity index (χ0v) is 15.6. The first-order valence-electron chi connectivity index (χ1n) is 8.50. The van der Waals surface area contributed by atoms with E-state index in [2.05, 4.69) is 22.3 Å². The second-order valence-electron chi connectivity index (χ2n) is 7.82. The quantitative estimate of drug-likeness (QED) is 0.723. The van der Waals surface area contributed by atoms with E-state index in [1.165, 1.54) is 25.6 Å². The van der Waals surface area contributed by atoms with Gasteiger partial charge in [0.15, 0.2) is 0 Å². The third-order valence-electron chi connectivity index (χ3n) is 5.52. The topological polar surface area (TPSA) is 59.3 Å². The summed E-state index contributed by atoms with van der Waals surface area (Å²) >= 11 is 12.6. The number of hydrogen-bond acceptors (Lipinski definition) is 4. The molecule has 0 saturated heterocycles. The van der Waals surface area contributed by atoms with Crippen LogP contribution in [-0.2, 0) is 0 Å². The lowest BCUT2D eigenvalue weighted by molar-refractivity contribution is -0.1000. The van der Waals surface area contributed by atoms with Gasteiger partial charge in [0.05, 0.1) is 21.1 Å². The van der Waals surface area contributed by atoms with Gasteiger partial charge in [-0.25, -0.2) is 4.52 Å². The van der Waals surface area contributed by atoms with E-state index in [1.807, 2.05) is 12.1 Å². The lowest BCUT2D eigenvalue weighted by Gasteiger charge is -2.69. The van der Waals surface area contributed by atoms with Crippen molar-refractivity contribution in [2.75, 3.05) is 5.32 Å². The molecule has 0 radical (unpaired) electrons. The summed E-state index contributed by atoms with van der Waals surface area (Å²) < 4.78 is 1.60. The molecule has 1 N–H and O–H groups in total. The smallest absolute Gasteiger partial charge is 0.281 e. The van der Waals surface area contributed by atoms with Crippen molar-refractivity contribution < 1.29 is 0 Å². The highest BCUT2D eigenvalue weighted by atomic mass is 35.5. The molecule has 26 heavy (non-hydrogen) atoms. The highest BCUT2D eigenvalue weighted by molar-refractivity contribution is 6.39. The molecular formula is C19H16Cl2N4O. The molecule has 3 fully saturated rings. The van der Waals surface area contributed by atoms with Gasteiger partial charge in [-0.15, -0.1) is 5.10 Å². The first-order valence-corrected chi connectivity index (χ1v) is 9.25. The van der Waals surface area contributed by atoms with E-state index < -0.39 is 0 Å². The van der Waals surface area contributed by atoms with Crippen molar-refractivity contribution in [1.29, 1.82) is 0 Å². The van der Waals surface area contributed by atoms with E-state index in [-0.39, 0.29) is 11.1 Å². The zero-order chi connectivity index (χ0) is 18.1. The van der Waals surface area contributed by atoms with Crippen molar-refractivity contribution in [3.05, 3.63) is 57.1 Å². The third-order valence-corrected chi connectivity index (χ3v) is 6.15. The summed E-state index contributed by atoms with van der Waals surface area (Å²) in [4.78, 5) is 16.4. The summed E-state index contributed by atoms with van der Waals surface area (Å²) in [5.41, 5.74) is 1.80. The Balaban J connectivity index is 1.61. The van der Waals surface area contributed by atoms with Crippen molar-refractivity contribution in [3.8, 4) is 11.1 Å². The second kappa shape index (κ2) is 5.21. The molecule has 0 spiro atoms. The number of hydrogen-bond donors (Lipinski definition) is 1. The lowest BCUT2D eigenvalue weighted by Crippen LogP contribution is -2.69. The molecule has 3 saturated carbocycles. The Morgan fingerprint density at radius 1 is 1.08 bits per heavy atom. The number of fused-ring (bicyclic) bond motifs is 1. The average Bonchev–Trinajstić information content (AvgIpc) is 2.54. The van der Waals surface area contributed by atoms with Crippen LogP contribution in [0, 0.1) is 5.41 Å². The number of aromatic nitrogens is 3. The van der Waals surface area contributed by atoms with Crippen LogP contribution in [0.15, 0.2) is 41.5 Å². The Morgan fingerprint density at radius 2 is 1.77 bits per heavy atom. The Kier molecular flexibility index (Phi) is 3.22. The molecule has 2 aromatic heterocycles. The first kappa shape index (κ1) is 16.1. The van der Waals surface area contributed by atoms with Gasteiger partial charge in [0.2, 0.25) is 0 Å². The molecule has 2 heterocycles. The molecule has 7 heteroatoms. The zero-order valence-electron chi connectivity index (χ0n) is 14.1. The van der Waals surface area contributed by atoms with Crippen molar-refractivity contribution in [2.45, 2.75) is 31.7 Å². The maximum absolute atomic E-state index is 12.5. The van der Waals surface area contributed by atoms with Crippen LogP contribution in [-0.4, -0.2) is 20.1 Å². The van der Waals surface area contributed by atoms with Gasteiger partial charge >= 0.3 is 0 Å². The monoisotopic (exact) mass is 386 g/mol. The summed E-state index contributed by atoms with van der Waals surface area (Å²) in [6.07, 6.45) is 4.98. The van der Waals surface area contributed by atoms with Gasteiger partial charge in [0.25, 0.3) is 5.56 Å². The average molecular weight is 387 g/mol. The van der Waals surface area contributed by atoms with E-state index in [0.717, 1.165) is 5.82 Å². The Labute approximate surface area is 160 Å². The van der Waals surface area contributed by atoms with Gasteiger partial charge < -0.3 is 5.32 Å². The van der Waals surface area contributed by atoms with Crippen LogP contribution in [0.3, 0.4) is 0 Å². The molecule has 1 aromatic carbocycles. The molecule has 0 unspecified atom stereocenters. The van der Waals surface area contributed by atoms with E-state index in [0.29, 0.717) is 32.1 Å². The van der Waals surface area contributed by atoms with Crippen LogP contribution in [0.2, 0.25) is 10.0 Å². The minimum atomic E-state index is -0.380. The van der Waals surface area contributed by atoms with Gasteiger partial charge in [-0.1, -0.05) is 36.2 Å². The summed E-state index contributed by atoms with van der Waals surface area (Å²) in [5, 5.41) is 8.96. The van der Waals surface area contributed by atoms with Crippen molar-refractivity contribution >= 4 is 34.5 Å². The number of rotatable bonds is 3. The molecule has 6 rings (SSSR count). The fraction of sp³-hybridized carbons (Fsp3) is 0.316. The molecule has 0 amide bonds. The molecule has 5 nitrogen and oxygen atoms in total. The number of anilines is 1. The molecule has 2 bridgehead atoms. The fourth-order valence-electron chi connectivity index (χ4n) is 4.74. The van der Waals surface area contributed by atoms with Crippen LogP contribution in [0.1, 0.15) is 26.2 Å². The van der Waals surface area contributed by atoms with Crippen molar-refractivity contribution in [1.82, 2.24) is 14.6 Å². The van der Waals surface area contributed by atoms with Crippen LogP contribution in [0.4, 0.5) is 5.82 Å². The Morgan fingerprint density at radius 3 is 2.42 bits per heavy atom. The van der Waals surface area contributed by atoms with Gasteiger partial charge in [0, 0.05) is 11.1 Å². The predicted octanol–water partition coefficient (Wildman–Crippen LogP) is 4.42. The van der Waals surface area contributed by atoms with Gasteiger partial charge in [-0.3, -0.25) is 4.79 Å². The number of nitrogens with zero attached hydrogens (tertiary/aromatic N) is 3. The van der Waals surface area contributed by atoms with E-state index in [9.17, 15) is 4.79 Å². The summed E-state index contributed by atoms with van der Waals surface area (Å²) in [6.45, 7) is 2.32. The van der Waals surface area contributed by atoms with Crippen molar-refractivity contribution in [2.24, 2.45) is 5.41 Å². The molecular weight excluding hydrogens is 371 g/mol. The highest BCUT2D eigenvalue weighted by Gasteiger charge is 2.65. The van der Waals surface area contributed by atoms with Crippen LogP contribution in [0.5, 0.6) is 0 Å². The minimum absolute atomic E-state index is 0.191. The SMILES string of the molecule is CC12CC(Nc3ccc4c(-c5c(Cl)cccc5Cl)c(=O)ncn4n3)(C1)C2. The molecule has 0 aliphatic heterocycles. The number of nitrogens with one attached hydrogen (secondary N) is 1. The van der Waals surface area contributed by atoms with Gasteiger partial charge in [0.1, 0.15) is 12.1 Å². The van der Waals surface area contributed by atoms with Gasteiger partial charge in [-0.2, -0.15) is 4.98 Å². The summed E-state index contributed by atoms with van der Waals surface area (Å²) in [7, 11) is 0.